The van der Waals surface area contributed by atoms with Crippen LogP contribution in [0.5, 0.6) is 5.75 Å². The van der Waals surface area contributed by atoms with E-state index in [0.717, 1.165) is 12.1 Å². The van der Waals surface area contributed by atoms with Gasteiger partial charge >= 0.3 is 0 Å². The second-order valence-corrected chi connectivity index (χ2v) is 9.51. The minimum atomic E-state index is -4.15. The van der Waals surface area contributed by atoms with E-state index in [1.165, 1.54) is 24.3 Å². The zero-order valence-electron chi connectivity index (χ0n) is 14.4. The van der Waals surface area contributed by atoms with Crippen molar-refractivity contribution in [2.75, 3.05) is 6.61 Å². The van der Waals surface area contributed by atoms with Crippen molar-refractivity contribution in [2.24, 2.45) is 0 Å². The van der Waals surface area contributed by atoms with Crippen LogP contribution in [0.15, 0.2) is 41.3 Å². The summed E-state index contributed by atoms with van der Waals surface area (Å²) in [6.45, 7) is 1.64. The Morgan fingerprint density at radius 3 is 2.48 bits per heavy atom. The SMILES string of the molecule is CC1CCC2(S(=O)(=O)c3ccc(Cl)cc3)c3c(F)ccc(F)c3OC[C@H]2O1. The Hall–Kier alpha value is -1.70. The van der Waals surface area contributed by atoms with Gasteiger partial charge in [-0.3, -0.25) is 0 Å². The molecule has 0 aliphatic carbocycles. The van der Waals surface area contributed by atoms with E-state index in [9.17, 15) is 17.2 Å². The fourth-order valence-corrected chi connectivity index (χ4v) is 6.35. The van der Waals surface area contributed by atoms with Gasteiger partial charge in [-0.1, -0.05) is 11.6 Å². The van der Waals surface area contributed by atoms with E-state index < -0.39 is 32.3 Å². The molecule has 0 aromatic heterocycles. The first kappa shape index (κ1) is 18.7. The summed E-state index contributed by atoms with van der Waals surface area (Å²) >= 11 is 5.88. The molecule has 4 nitrogen and oxygen atoms in total. The third-order valence-corrected chi connectivity index (χ3v) is 8.08. The number of ether oxygens (including phenoxy) is 2. The molecular weight excluding hydrogens is 398 g/mol. The molecule has 1 saturated heterocycles. The fourth-order valence-electron chi connectivity index (χ4n) is 3.99. The quantitative estimate of drug-likeness (QED) is 0.737. The van der Waals surface area contributed by atoms with Crippen LogP contribution in [0.3, 0.4) is 0 Å². The smallest absolute Gasteiger partial charge is 0.191 e. The minimum Gasteiger partial charge on any atom is -0.487 e. The van der Waals surface area contributed by atoms with Crippen molar-refractivity contribution >= 4 is 21.4 Å². The van der Waals surface area contributed by atoms with Crippen molar-refractivity contribution < 1.29 is 26.7 Å². The predicted molar refractivity (Wildman–Crippen MR) is 95.7 cm³/mol. The van der Waals surface area contributed by atoms with Gasteiger partial charge < -0.3 is 9.47 Å². The van der Waals surface area contributed by atoms with Crippen LogP contribution in [0.4, 0.5) is 8.78 Å². The highest BCUT2D eigenvalue weighted by atomic mass is 35.5. The van der Waals surface area contributed by atoms with Crippen LogP contribution in [0.1, 0.15) is 25.3 Å². The Bertz CT molecular complexity index is 994. The molecule has 2 aliphatic heterocycles. The van der Waals surface area contributed by atoms with Crippen molar-refractivity contribution in [2.45, 2.75) is 41.6 Å². The van der Waals surface area contributed by atoms with Crippen LogP contribution in [-0.4, -0.2) is 27.2 Å². The van der Waals surface area contributed by atoms with Gasteiger partial charge in [0.15, 0.2) is 21.4 Å². The zero-order valence-corrected chi connectivity index (χ0v) is 16.0. The van der Waals surface area contributed by atoms with Crippen molar-refractivity contribution in [1.82, 2.24) is 0 Å². The third-order valence-electron chi connectivity index (χ3n) is 5.30. The summed E-state index contributed by atoms with van der Waals surface area (Å²) in [6, 6.07) is 7.51. The number of hydrogen-bond donors (Lipinski definition) is 0. The van der Waals surface area contributed by atoms with E-state index in [2.05, 4.69) is 0 Å². The molecule has 1 fully saturated rings. The molecule has 0 radical (unpaired) electrons. The minimum absolute atomic E-state index is 0.0217. The normalized spacial score (nSPS) is 27.4. The first-order valence-electron chi connectivity index (χ1n) is 8.54. The zero-order chi connectivity index (χ0) is 19.4. The molecule has 4 rings (SSSR count). The molecule has 0 bridgehead atoms. The Labute approximate surface area is 161 Å². The van der Waals surface area contributed by atoms with E-state index in [0.29, 0.717) is 11.4 Å². The molecule has 2 aliphatic rings. The molecule has 8 heteroatoms. The number of sulfone groups is 1. The summed E-state index contributed by atoms with van der Waals surface area (Å²) in [6.07, 6.45) is -0.685. The molecule has 144 valence electrons. The monoisotopic (exact) mass is 414 g/mol. The molecule has 0 amide bonds. The first-order chi connectivity index (χ1) is 12.8. The number of benzene rings is 2. The Morgan fingerprint density at radius 2 is 1.78 bits per heavy atom. The Morgan fingerprint density at radius 1 is 1.11 bits per heavy atom. The van der Waals surface area contributed by atoms with Gasteiger partial charge in [-0.15, -0.1) is 0 Å². The van der Waals surface area contributed by atoms with Crippen LogP contribution in [0.2, 0.25) is 5.02 Å². The van der Waals surface area contributed by atoms with Gasteiger partial charge in [-0.2, -0.15) is 0 Å². The number of hydrogen-bond acceptors (Lipinski definition) is 4. The first-order valence-corrected chi connectivity index (χ1v) is 10.4. The lowest BCUT2D eigenvalue weighted by molar-refractivity contribution is -0.0940. The van der Waals surface area contributed by atoms with Crippen molar-refractivity contribution in [3.63, 3.8) is 0 Å². The van der Waals surface area contributed by atoms with E-state index >= 15 is 0 Å². The highest BCUT2D eigenvalue weighted by molar-refractivity contribution is 7.92. The van der Waals surface area contributed by atoms with Crippen LogP contribution in [-0.2, 0) is 19.3 Å². The molecule has 0 N–H and O–H groups in total. The molecule has 3 atom stereocenters. The molecule has 2 aromatic carbocycles. The van der Waals surface area contributed by atoms with Gasteiger partial charge in [-0.05, 0) is 56.2 Å². The topological polar surface area (TPSA) is 52.6 Å². The van der Waals surface area contributed by atoms with Gasteiger partial charge in [-0.25, -0.2) is 17.2 Å². The summed E-state index contributed by atoms with van der Waals surface area (Å²) in [5, 5.41) is 0.376. The summed E-state index contributed by atoms with van der Waals surface area (Å²) in [5.74, 6) is -1.98. The lowest BCUT2D eigenvalue weighted by atomic mass is 9.82. The van der Waals surface area contributed by atoms with Crippen LogP contribution in [0, 0.1) is 11.6 Å². The lowest BCUT2D eigenvalue weighted by Crippen LogP contribution is -2.57. The van der Waals surface area contributed by atoms with Gasteiger partial charge in [0, 0.05) is 5.02 Å². The van der Waals surface area contributed by atoms with Crippen molar-refractivity contribution in [3.8, 4) is 5.75 Å². The number of halogens is 3. The van der Waals surface area contributed by atoms with E-state index in [-0.39, 0.29) is 35.3 Å². The Kier molecular flexibility index (Phi) is 4.44. The molecule has 2 unspecified atom stereocenters. The highest BCUT2D eigenvalue weighted by Crippen LogP contribution is 2.53. The average molecular weight is 415 g/mol. The maximum atomic E-state index is 14.9. The summed E-state index contributed by atoms with van der Waals surface area (Å²) in [5.41, 5.74) is -0.291. The van der Waals surface area contributed by atoms with Gasteiger partial charge in [0.25, 0.3) is 0 Å². The van der Waals surface area contributed by atoms with E-state index in [1.807, 2.05) is 6.92 Å². The predicted octanol–water partition coefficient (Wildman–Crippen LogP) is 4.25. The lowest BCUT2D eigenvalue weighted by Gasteiger charge is -2.48. The van der Waals surface area contributed by atoms with E-state index in [1.54, 1.807) is 0 Å². The standard InChI is InChI=1S/C19H17ClF2O4S/c1-11-8-9-19(27(23,24)13-4-2-12(20)3-5-13)16(26-11)10-25-18-15(22)7-6-14(21)17(18)19/h2-7,11,16H,8-10H2,1H3/t11?,16-,19?/m1/s1. The van der Waals surface area contributed by atoms with Gasteiger partial charge in [0.2, 0.25) is 0 Å². The maximum Gasteiger partial charge on any atom is 0.191 e. The van der Waals surface area contributed by atoms with Crippen molar-refractivity contribution in [3.05, 3.63) is 58.6 Å². The molecule has 2 heterocycles. The molecular formula is C19H17ClF2O4S. The second kappa shape index (κ2) is 6.43. The van der Waals surface area contributed by atoms with E-state index in [4.69, 9.17) is 21.1 Å². The highest BCUT2D eigenvalue weighted by Gasteiger charge is 2.60. The average Bonchev–Trinajstić information content (AvgIpc) is 2.64. The number of fused-ring (bicyclic) bond motifs is 3. The molecule has 0 saturated carbocycles. The summed E-state index contributed by atoms with van der Waals surface area (Å²) in [7, 11) is -4.15. The van der Waals surface area contributed by atoms with Crippen LogP contribution in [0.25, 0.3) is 0 Å². The second-order valence-electron chi connectivity index (χ2n) is 6.87. The summed E-state index contributed by atoms with van der Waals surface area (Å²) in [4.78, 5) is -0.0217. The fraction of sp³-hybridized carbons (Fsp3) is 0.368. The van der Waals surface area contributed by atoms with Gasteiger partial charge in [0.1, 0.15) is 23.3 Å². The molecule has 27 heavy (non-hydrogen) atoms. The number of rotatable bonds is 2. The third kappa shape index (κ3) is 2.67. The maximum absolute atomic E-state index is 14.9. The molecule has 2 aromatic rings. The van der Waals surface area contributed by atoms with Gasteiger partial charge in [0.05, 0.1) is 16.6 Å². The Balaban J connectivity index is 2.02. The summed E-state index contributed by atoms with van der Waals surface area (Å²) < 4.78 is 66.2. The van der Waals surface area contributed by atoms with Crippen LogP contribution < -0.4 is 4.74 Å². The van der Waals surface area contributed by atoms with Crippen molar-refractivity contribution in [1.29, 1.82) is 0 Å². The van der Waals surface area contributed by atoms with Crippen LogP contribution >= 0.6 is 11.6 Å². The largest absolute Gasteiger partial charge is 0.487 e. The molecule has 0 spiro atoms.